The number of nitrogen functional groups attached to an aromatic ring is 1. The van der Waals surface area contributed by atoms with Crippen molar-refractivity contribution in [2.45, 2.75) is 19.0 Å². The Morgan fingerprint density at radius 3 is 2.48 bits per heavy atom. The van der Waals surface area contributed by atoms with Crippen LogP contribution in [0, 0.1) is 0 Å². The molecule has 0 aliphatic rings. The first-order valence-electron chi connectivity index (χ1n) is 7.34. The van der Waals surface area contributed by atoms with Gasteiger partial charge in [-0.05, 0) is 30.7 Å². The molecule has 0 aliphatic carbocycles. The highest BCUT2D eigenvalue weighted by atomic mass is 19.4. The topological polar surface area (TPSA) is 119 Å². The van der Waals surface area contributed by atoms with Crippen LogP contribution in [0.1, 0.15) is 18.4 Å². The summed E-state index contributed by atoms with van der Waals surface area (Å²) in [6.45, 7) is 0.115. The van der Waals surface area contributed by atoms with Gasteiger partial charge in [0.2, 0.25) is 11.9 Å². The van der Waals surface area contributed by atoms with E-state index in [9.17, 15) is 18.0 Å². The number of nitrogens with two attached hydrogens (primary N) is 2. The maximum atomic E-state index is 13.1. The third-order valence-electron chi connectivity index (χ3n) is 3.15. The van der Waals surface area contributed by atoms with Gasteiger partial charge in [0.1, 0.15) is 11.4 Å². The van der Waals surface area contributed by atoms with Crippen LogP contribution in [-0.2, 0) is 11.0 Å². The molecule has 25 heavy (non-hydrogen) atoms. The molecule has 10 heteroatoms. The van der Waals surface area contributed by atoms with Crippen LogP contribution >= 0.6 is 0 Å². The van der Waals surface area contributed by atoms with E-state index in [0.717, 1.165) is 0 Å². The third kappa shape index (κ3) is 5.52. The van der Waals surface area contributed by atoms with Gasteiger partial charge in [0.25, 0.3) is 0 Å². The minimum absolute atomic E-state index is 0.00447. The van der Waals surface area contributed by atoms with Crippen molar-refractivity contribution in [2.75, 3.05) is 22.9 Å². The van der Waals surface area contributed by atoms with E-state index in [1.807, 2.05) is 0 Å². The molecule has 6 N–H and O–H groups in total. The third-order valence-corrected chi connectivity index (χ3v) is 3.15. The summed E-state index contributed by atoms with van der Waals surface area (Å²) in [4.78, 5) is 18.3. The van der Waals surface area contributed by atoms with Gasteiger partial charge < -0.3 is 22.1 Å². The lowest BCUT2D eigenvalue weighted by atomic mass is 10.2. The molecule has 0 bridgehead atoms. The van der Waals surface area contributed by atoms with Crippen LogP contribution in [-0.4, -0.2) is 22.4 Å². The van der Waals surface area contributed by atoms with Crippen LogP contribution in [0.15, 0.2) is 30.5 Å². The Labute approximate surface area is 141 Å². The summed E-state index contributed by atoms with van der Waals surface area (Å²) in [6, 6.07) is 6.57. The Morgan fingerprint density at radius 1 is 1.20 bits per heavy atom. The van der Waals surface area contributed by atoms with E-state index in [2.05, 4.69) is 20.6 Å². The molecular formula is C15H17F3N6O. The Bertz CT molecular complexity index is 733. The van der Waals surface area contributed by atoms with E-state index in [4.69, 9.17) is 11.5 Å². The summed E-state index contributed by atoms with van der Waals surface area (Å²) in [7, 11) is 0. The molecular weight excluding hydrogens is 337 g/mol. The fourth-order valence-corrected chi connectivity index (χ4v) is 1.95. The molecule has 1 heterocycles. The van der Waals surface area contributed by atoms with Crippen molar-refractivity contribution in [1.29, 1.82) is 0 Å². The van der Waals surface area contributed by atoms with Gasteiger partial charge in [-0.2, -0.15) is 18.2 Å². The molecule has 0 unspecified atom stereocenters. The summed E-state index contributed by atoms with van der Waals surface area (Å²) in [5, 5.41) is 5.37. The number of carbonyl (C=O) groups excluding carboxylic acids is 1. The maximum Gasteiger partial charge on any atom is 0.421 e. The first kappa shape index (κ1) is 18.3. The number of alkyl halides is 3. The van der Waals surface area contributed by atoms with Crippen molar-refractivity contribution < 1.29 is 18.0 Å². The standard InChI is InChI=1S/C15H17F3N6O/c16-15(17,18)11-8-22-14(23-10-5-3-9(19)4-6-10)24-13(11)21-7-1-2-12(20)25/h3-6,8H,1-2,7,19H2,(H2,20,25)(H2,21,22,23,24). The van der Waals surface area contributed by atoms with E-state index < -0.39 is 17.6 Å². The number of nitrogens with one attached hydrogen (secondary N) is 2. The minimum Gasteiger partial charge on any atom is -0.399 e. The molecule has 2 aromatic rings. The van der Waals surface area contributed by atoms with Crippen LogP contribution in [0.25, 0.3) is 0 Å². The molecule has 0 saturated carbocycles. The number of carbonyl (C=O) groups is 1. The van der Waals surface area contributed by atoms with Gasteiger partial charge in [0.15, 0.2) is 0 Å². The van der Waals surface area contributed by atoms with Crippen LogP contribution < -0.4 is 22.1 Å². The Kier molecular flexibility index (Phi) is 5.63. The Balaban J connectivity index is 2.17. The highest BCUT2D eigenvalue weighted by Crippen LogP contribution is 2.34. The Hall–Kier alpha value is -3.04. The smallest absolute Gasteiger partial charge is 0.399 e. The average Bonchev–Trinajstić information content (AvgIpc) is 2.53. The van der Waals surface area contributed by atoms with Crippen LogP contribution in [0.3, 0.4) is 0 Å². The molecule has 1 aromatic heterocycles. The number of aromatic nitrogens is 2. The lowest BCUT2D eigenvalue weighted by Crippen LogP contribution is -2.17. The molecule has 1 aromatic carbocycles. The van der Waals surface area contributed by atoms with Crippen molar-refractivity contribution in [2.24, 2.45) is 5.73 Å². The minimum atomic E-state index is -4.61. The van der Waals surface area contributed by atoms with Crippen LogP contribution in [0.5, 0.6) is 0 Å². The first-order chi connectivity index (χ1) is 11.8. The molecule has 0 saturated heterocycles. The molecule has 0 fully saturated rings. The predicted molar refractivity (Wildman–Crippen MR) is 88.1 cm³/mol. The zero-order chi connectivity index (χ0) is 18.4. The molecule has 7 nitrogen and oxygen atoms in total. The summed E-state index contributed by atoms with van der Waals surface area (Å²) in [5.41, 5.74) is 10.7. The first-order valence-corrected chi connectivity index (χ1v) is 7.34. The molecule has 0 aliphatic heterocycles. The van der Waals surface area contributed by atoms with Crippen molar-refractivity contribution in [3.05, 3.63) is 36.0 Å². The molecule has 0 atom stereocenters. The van der Waals surface area contributed by atoms with E-state index in [1.165, 1.54) is 0 Å². The summed E-state index contributed by atoms with van der Waals surface area (Å²) in [6.07, 6.45) is -3.55. The number of amides is 1. The molecule has 2 rings (SSSR count). The van der Waals surface area contributed by atoms with Gasteiger partial charge in [-0.15, -0.1) is 0 Å². The molecule has 1 amide bonds. The summed E-state index contributed by atoms with van der Waals surface area (Å²) in [5.74, 6) is -0.897. The number of benzene rings is 1. The average molecular weight is 354 g/mol. The number of hydrogen-bond donors (Lipinski definition) is 4. The second-order valence-corrected chi connectivity index (χ2v) is 5.20. The number of primary amides is 1. The van der Waals surface area contributed by atoms with Crippen LogP contribution in [0.4, 0.5) is 36.3 Å². The van der Waals surface area contributed by atoms with E-state index in [0.29, 0.717) is 17.6 Å². The molecule has 134 valence electrons. The van der Waals surface area contributed by atoms with Gasteiger partial charge in [0, 0.05) is 30.5 Å². The van der Waals surface area contributed by atoms with Crippen molar-refractivity contribution in [1.82, 2.24) is 9.97 Å². The van der Waals surface area contributed by atoms with Gasteiger partial charge in [0.05, 0.1) is 0 Å². The molecule has 0 radical (unpaired) electrons. The van der Waals surface area contributed by atoms with E-state index in [1.54, 1.807) is 24.3 Å². The van der Waals surface area contributed by atoms with Gasteiger partial charge in [-0.3, -0.25) is 4.79 Å². The fourth-order valence-electron chi connectivity index (χ4n) is 1.95. The fraction of sp³-hybridized carbons (Fsp3) is 0.267. The van der Waals surface area contributed by atoms with Gasteiger partial charge in [-0.25, -0.2) is 4.98 Å². The van der Waals surface area contributed by atoms with Crippen molar-refractivity contribution in [3.8, 4) is 0 Å². The zero-order valence-electron chi connectivity index (χ0n) is 13.1. The summed E-state index contributed by atoms with van der Waals surface area (Å²) < 4.78 is 39.2. The number of rotatable bonds is 7. The van der Waals surface area contributed by atoms with E-state index in [-0.39, 0.29) is 31.2 Å². The SMILES string of the molecule is NC(=O)CCCNc1nc(Nc2ccc(N)cc2)ncc1C(F)(F)F. The quantitative estimate of drug-likeness (QED) is 0.448. The zero-order valence-corrected chi connectivity index (χ0v) is 13.1. The Morgan fingerprint density at radius 2 is 1.88 bits per heavy atom. The lowest BCUT2D eigenvalue weighted by Gasteiger charge is -2.14. The predicted octanol–water partition coefficient (Wildman–Crippen LogP) is 2.50. The number of hydrogen-bond acceptors (Lipinski definition) is 6. The maximum absolute atomic E-state index is 13.1. The van der Waals surface area contributed by atoms with Crippen LogP contribution in [0.2, 0.25) is 0 Å². The highest BCUT2D eigenvalue weighted by molar-refractivity contribution is 5.73. The van der Waals surface area contributed by atoms with Crippen molar-refractivity contribution >= 4 is 29.0 Å². The van der Waals surface area contributed by atoms with Crippen molar-refractivity contribution in [3.63, 3.8) is 0 Å². The molecule has 0 spiro atoms. The van der Waals surface area contributed by atoms with Gasteiger partial charge >= 0.3 is 6.18 Å². The normalized spacial score (nSPS) is 11.2. The monoisotopic (exact) mass is 354 g/mol. The second-order valence-electron chi connectivity index (χ2n) is 5.20. The largest absolute Gasteiger partial charge is 0.421 e. The number of nitrogens with zero attached hydrogens (tertiary/aromatic N) is 2. The lowest BCUT2D eigenvalue weighted by molar-refractivity contribution is -0.137. The van der Waals surface area contributed by atoms with Gasteiger partial charge in [-0.1, -0.05) is 0 Å². The highest BCUT2D eigenvalue weighted by Gasteiger charge is 2.35. The van der Waals surface area contributed by atoms with E-state index >= 15 is 0 Å². The number of halogens is 3. The second kappa shape index (κ2) is 7.69. The summed E-state index contributed by atoms with van der Waals surface area (Å²) >= 11 is 0. The number of anilines is 4.